The molecule has 18 heavy (non-hydrogen) atoms. The van der Waals surface area contributed by atoms with Gasteiger partial charge >= 0.3 is 17.7 Å². The molecule has 1 aromatic carbocycles. The second kappa shape index (κ2) is 4.30. The summed E-state index contributed by atoms with van der Waals surface area (Å²) in [7, 11) is 1.45. The lowest BCUT2D eigenvalue weighted by Gasteiger charge is -2.35. The summed E-state index contributed by atoms with van der Waals surface area (Å²) in [5.41, 5.74) is 0.483. The SMILES string of the molecule is CCOC(=O)C1(O)Oc2ccccc2N(C)C1=O. The van der Waals surface area contributed by atoms with Crippen molar-refractivity contribution in [1.82, 2.24) is 0 Å². The first-order valence-corrected chi connectivity index (χ1v) is 5.46. The number of nitrogens with zero attached hydrogens (tertiary/aromatic N) is 1. The van der Waals surface area contributed by atoms with E-state index in [1.165, 1.54) is 7.05 Å². The van der Waals surface area contributed by atoms with E-state index in [-0.39, 0.29) is 12.4 Å². The Balaban J connectivity index is 2.43. The molecule has 0 spiro atoms. The van der Waals surface area contributed by atoms with E-state index in [1.54, 1.807) is 31.2 Å². The van der Waals surface area contributed by atoms with Crippen LogP contribution in [0.25, 0.3) is 0 Å². The average Bonchev–Trinajstić information content (AvgIpc) is 2.36. The molecule has 1 aromatic rings. The first kappa shape index (κ1) is 12.4. The Kier molecular flexibility index (Phi) is 2.96. The van der Waals surface area contributed by atoms with Gasteiger partial charge in [-0.25, -0.2) is 4.79 Å². The third-order valence-electron chi connectivity index (χ3n) is 2.63. The molecular formula is C12H13NO5. The van der Waals surface area contributed by atoms with Gasteiger partial charge in [0, 0.05) is 7.05 Å². The summed E-state index contributed by atoms with van der Waals surface area (Å²) in [6.07, 6.45) is 0. The van der Waals surface area contributed by atoms with Crippen LogP contribution in [0.4, 0.5) is 5.69 Å². The topological polar surface area (TPSA) is 76.1 Å². The first-order valence-electron chi connectivity index (χ1n) is 5.46. The van der Waals surface area contributed by atoms with Crippen LogP contribution >= 0.6 is 0 Å². The van der Waals surface area contributed by atoms with E-state index in [0.717, 1.165) is 4.90 Å². The molecule has 6 nitrogen and oxygen atoms in total. The number of carbonyl (C=O) groups excluding carboxylic acids is 2. The van der Waals surface area contributed by atoms with Crippen LogP contribution in [0, 0.1) is 0 Å². The highest BCUT2D eigenvalue weighted by molar-refractivity contribution is 6.13. The Morgan fingerprint density at radius 2 is 2.17 bits per heavy atom. The van der Waals surface area contributed by atoms with Crippen LogP contribution in [0.15, 0.2) is 24.3 Å². The highest BCUT2D eigenvalue weighted by Gasteiger charge is 2.54. The maximum absolute atomic E-state index is 12.0. The molecule has 0 aromatic heterocycles. The van der Waals surface area contributed by atoms with Crippen LogP contribution in [0.1, 0.15) is 6.92 Å². The number of aliphatic hydroxyl groups is 1. The van der Waals surface area contributed by atoms with Gasteiger partial charge in [0.15, 0.2) is 0 Å². The monoisotopic (exact) mass is 251 g/mol. The minimum Gasteiger partial charge on any atom is -0.461 e. The van der Waals surface area contributed by atoms with Crippen molar-refractivity contribution in [2.45, 2.75) is 12.7 Å². The van der Waals surface area contributed by atoms with Crippen molar-refractivity contribution in [1.29, 1.82) is 0 Å². The lowest BCUT2D eigenvalue weighted by molar-refractivity contribution is -0.202. The van der Waals surface area contributed by atoms with Crippen LogP contribution in [0.2, 0.25) is 0 Å². The zero-order chi connectivity index (χ0) is 13.3. The Morgan fingerprint density at radius 3 is 2.83 bits per heavy atom. The smallest absolute Gasteiger partial charge is 0.390 e. The van der Waals surface area contributed by atoms with Gasteiger partial charge in [0.2, 0.25) is 0 Å². The molecule has 1 heterocycles. The predicted octanol–water partition coefficient (Wildman–Crippen LogP) is 0.293. The fourth-order valence-electron chi connectivity index (χ4n) is 1.72. The number of rotatable bonds is 2. The second-order valence-electron chi connectivity index (χ2n) is 3.80. The average molecular weight is 251 g/mol. The maximum Gasteiger partial charge on any atom is 0.390 e. The Bertz CT molecular complexity index is 501. The number of ether oxygens (including phenoxy) is 2. The van der Waals surface area contributed by atoms with Crippen LogP contribution < -0.4 is 9.64 Å². The van der Waals surface area contributed by atoms with Crippen molar-refractivity contribution in [3.05, 3.63) is 24.3 Å². The van der Waals surface area contributed by atoms with E-state index >= 15 is 0 Å². The van der Waals surface area contributed by atoms with Gasteiger partial charge in [0.05, 0.1) is 12.3 Å². The fraction of sp³-hybridized carbons (Fsp3) is 0.333. The molecule has 1 unspecified atom stereocenters. The van der Waals surface area contributed by atoms with Gasteiger partial charge in [-0.2, -0.15) is 0 Å². The summed E-state index contributed by atoms with van der Waals surface area (Å²) in [5.74, 6) is -4.36. The summed E-state index contributed by atoms with van der Waals surface area (Å²) in [6, 6.07) is 6.61. The van der Waals surface area contributed by atoms with Crippen LogP contribution in [-0.4, -0.2) is 36.4 Å². The highest BCUT2D eigenvalue weighted by atomic mass is 16.7. The second-order valence-corrected chi connectivity index (χ2v) is 3.80. The standard InChI is InChI=1S/C12H13NO5/c1-3-17-11(15)12(16)10(14)13(2)8-6-4-5-7-9(8)18-12/h4-7,16H,3H2,1-2H3. The van der Waals surface area contributed by atoms with E-state index in [2.05, 4.69) is 4.74 Å². The predicted molar refractivity (Wildman–Crippen MR) is 62.1 cm³/mol. The lowest BCUT2D eigenvalue weighted by atomic mass is 10.1. The minimum atomic E-state index is -2.61. The van der Waals surface area contributed by atoms with E-state index in [9.17, 15) is 14.7 Å². The van der Waals surface area contributed by atoms with Gasteiger partial charge in [-0.05, 0) is 19.1 Å². The molecule has 96 valence electrons. The molecule has 1 N–H and O–H groups in total. The number of esters is 1. The number of fused-ring (bicyclic) bond motifs is 1. The normalized spacial score (nSPS) is 22.2. The zero-order valence-corrected chi connectivity index (χ0v) is 10.0. The van der Waals surface area contributed by atoms with Gasteiger partial charge in [-0.15, -0.1) is 0 Å². The van der Waals surface area contributed by atoms with Crippen molar-refractivity contribution >= 4 is 17.6 Å². The number of amides is 1. The molecule has 0 saturated carbocycles. The van der Waals surface area contributed by atoms with Crippen molar-refractivity contribution in [2.24, 2.45) is 0 Å². The van der Waals surface area contributed by atoms with E-state index in [4.69, 9.17) is 4.74 Å². The van der Waals surface area contributed by atoms with Gasteiger partial charge in [0.1, 0.15) is 5.75 Å². The maximum atomic E-state index is 12.0. The quantitative estimate of drug-likeness (QED) is 0.604. The Labute approximate surface area is 104 Å². The number of carbonyl (C=O) groups is 2. The number of hydrogen-bond acceptors (Lipinski definition) is 5. The Hall–Kier alpha value is -2.08. The number of benzene rings is 1. The van der Waals surface area contributed by atoms with E-state index in [1.807, 2.05) is 0 Å². The lowest BCUT2D eigenvalue weighted by Crippen LogP contribution is -2.60. The Morgan fingerprint density at radius 1 is 1.50 bits per heavy atom. The summed E-state index contributed by atoms with van der Waals surface area (Å²) in [4.78, 5) is 24.8. The molecule has 0 saturated heterocycles. The van der Waals surface area contributed by atoms with Gasteiger partial charge in [-0.1, -0.05) is 12.1 Å². The molecule has 6 heteroatoms. The first-order chi connectivity index (χ1) is 8.50. The van der Waals surface area contributed by atoms with Gasteiger partial charge in [-0.3, -0.25) is 4.79 Å². The molecule has 0 fully saturated rings. The summed E-state index contributed by atoms with van der Waals surface area (Å²) in [5, 5.41) is 10.1. The summed E-state index contributed by atoms with van der Waals surface area (Å²) >= 11 is 0. The van der Waals surface area contributed by atoms with Crippen LogP contribution in [0.5, 0.6) is 5.75 Å². The molecule has 1 atom stereocenters. The van der Waals surface area contributed by atoms with E-state index < -0.39 is 17.7 Å². The van der Waals surface area contributed by atoms with Gasteiger partial charge in [0.25, 0.3) is 0 Å². The van der Waals surface area contributed by atoms with Crippen molar-refractivity contribution < 1.29 is 24.2 Å². The van der Waals surface area contributed by atoms with Crippen LogP contribution in [0.3, 0.4) is 0 Å². The van der Waals surface area contributed by atoms with Crippen molar-refractivity contribution in [2.75, 3.05) is 18.6 Å². The molecule has 0 aliphatic carbocycles. The van der Waals surface area contributed by atoms with Crippen molar-refractivity contribution in [3.8, 4) is 5.75 Å². The number of anilines is 1. The molecule has 1 aliphatic rings. The molecule has 0 bridgehead atoms. The summed E-state index contributed by atoms with van der Waals surface area (Å²) < 4.78 is 9.76. The largest absolute Gasteiger partial charge is 0.461 e. The molecule has 0 radical (unpaired) electrons. The molecule has 1 aliphatic heterocycles. The molecular weight excluding hydrogens is 238 g/mol. The number of hydrogen-bond donors (Lipinski definition) is 1. The van der Waals surface area contributed by atoms with Crippen molar-refractivity contribution in [3.63, 3.8) is 0 Å². The van der Waals surface area contributed by atoms with Gasteiger partial charge < -0.3 is 19.5 Å². The number of para-hydroxylation sites is 2. The fourth-order valence-corrected chi connectivity index (χ4v) is 1.72. The minimum absolute atomic E-state index is 0.0448. The zero-order valence-electron chi connectivity index (χ0n) is 10.0. The molecule has 2 rings (SSSR count). The van der Waals surface area contributed by atoms with Crippen LogP contribution in [-0.2, 0) is 14.3 Å². The highest BCUT2D eigenvalue weighted by Crippen LogP contribution is 2.36. The third-order valence-corrected chi connectivity index (χ3v) is 2.63. The third kappa shape index (κ3) is 1.70. The summed E-state index contributed by atoms with van der Waals surface area (Å²) in [6.45, 7) is 1.62. The molecule has 1 amide bonds. The number of likely N-dealkylation sites (N-methyl/N-ethyl adjacent to an activating group) is 1. The van der Waals surface area contributed by atoms with E-state index in [0.29, 0.717) is 5.69 Å².